The minimum absolute atomic E-state index is 0.0206. The predicted molar refractivity (Wildman–Crippen MR) is 76.4 cm³/mol. The van der Waals surface area contributed by atoms with Gasteiger partial charge in [-0.25, -0.2) is 0 Å². The van der Waals surface area contributed by atoms with Crippen LogP contribution < -0.4 is 5.73 Å². The van der Waals surface area contributed by atoms with E-state index in [2.05, 4.69) is 12.3 Å². The first-order valence-electron chi connectivity index (χ1n) is 6.67. The number of rotatable bonds is 3. The van der Waals surface area contributed by atoms with Crippen molar-refractivity contribution in [1.82, 2.24) is 4.90 Å². The summed E-state index contributed by atoms with van der Waals surface area (Å²) < 4.78 is 0. The molecule has 1 aromatic carbocycles. The van der Waals surface area contributed by atoms with Crippen LogP contribution in [0.15, 0.2) is 48.7 Å². The zero-order valence-electron chi connectivity index (χ0n) is 11.1. The molecule has 0 spiro atoms. The number of hydrogen-bond acceptors (Lipinski definition) is 2. The standard InChI is InChI=1S/C16H20N2O/c1-2-6-13-9-11-18(12-10-13)16(19)15(17)14-7-4-3-5-8-14/h3-8,13,15H,1,9-12,17H2. The van der Waals surface area contributed by atoms with E-state index in [4.69, 9.17) is 5.73 Å². The number of piperidine rings is 1. The van der Waals surface area contributed by atoms with Gasteiger partial charge in [-0.05, 0) is 30.4 Å². The minimum atomic E-state index is -0.548. The lowest BCUT2D eigenvalue weighted by atomic mass is 9.96. The highest BCUT2D eigenvalue weighted by molar-refractivity contribution is 5.83. The van der Waals surface area contributed by atoms with E-state index >= 15 is 0 Å². The largest absolute Gasteiger partial charge is 0.341 e. The Morgan fingerprint density at radius 2 is 2.00 bits per heavy atom. The van der Waals surface area contributed by atoms with Gasteiger partial charge in [0.05, 0.1) is 0 Å². The SMILES string of the molecule is C=C=CC1CCN(C(=O)C(N)c2ccccc2)CC1. The van der Waals surface area contributed by atoms with Crippen LogP contribution in [0.3, 0.4) is 0 Å². The maximum Gasteiger partial charge on any atom is 0.244 e. The highest BCUT2D eigenvalue weighted by Gasteiger charge is 2.26. The number of hydrogen-bond donors (Lipinski definition) is 1. The molecule has 0 bridgehead atoms. The van der Waals surface area contributed by atoms with E-state index in [1.165, 1.54) is 0 Å². The van der Waals surface area contributed by atoms with E-state index < -0.39 is 6.04 Å². The Morgan fingerprint density at radius 1 is 1.37 bits per heavy atom. The van der Waals surface area contributed by atoms with Crippen molar-refractivity contribution < 1.29 is 4.79 Å². The van der Waals surface area contributed by atoms with Crippen LogP contribution in [0.25, 0.3) is 0 Å². The summed E-state index contributed by atoms with van der Waals surface area (Å²) in [5.41, 5.74) is 9.74. The molecule has 3 nitrogen and oxygen atoms in total. The molecule has 1 saturated heterocycles. The fraction of sp³-hybridized carbons (Fsp3) is 0.375. The zero-order valence-corrected chi connectivity index (χ0v) is 11.1. The molecule has 1 fully saturated rings. The first-order chi connectivity index (χ1) is 9.22. The normalized spacial score (nSPS) is 17.6. The molecule has 1 aliphatic rings. The molecule has 1 heterocycles. The lowest BCUT2D eigenvalue weighted by molar-refractivity contribution is -0.133. The van der Waals surface area contributed by atoms with Crippen LogP contribution in [0.2, 0.25) is 0 Å². The summed E-state index contributed by atoms with van der Waals surface area (Å²) in [7, 11) is 0. The third kappa shape index (κ3) is 3.34. The maximum absolute atomic E-state index is 12.3. The average molecular weight is 256 g/mol. The first-order valence-corrected chi connectivity index (χ1v) is 6.67. The summed E-state index contributed by atoms with van der Waals surface area (Å²) in [4.78, 5) is 14.2. The Bertz CT molecular complexity index is 469. The molecule has 1 aromatic rings. The van der Waals surface area contributed by atoms with E-state index in [9.17, 15) is 4.79 Å². The number of benzene rings is 1. The lowest BCUT2D eigenvalue weighted by Crippen LogP contribution is -2.43. The number of likely N-dealkylation sites (tertiary alicyclic amines) is 1. The Morgan fingerprint density at radius 3 is 2.58 bits per heavy atom. The van der Waals surface area contributed by atoms with Crippen molar-refractivity contribution >= 4 is 5.91 Å². The number of carbonyl (C=O) groups is 1. The van der Waals surface area contributed by atoms with Gasteiger partial charge in [0.25, 0.3) is 0 Å². The molecule has 0 saturated carbocycles. The van der Waals surface area contributed by atoms with Crippen molar-refractivity contribution in [3.63, 3.8) is 0 Å². The molecule has 3 heteroatoms. The summed E-state index contributed by atoms with van der Waals surface area (Å²) in [6.45, 7) is 5.13. The smallest absolute Gasteiger partial charge is 0.244 e. The van der Waals surface area contributed by atoms with Gasteiger partial charge in [0.1, 0.15) is 6.04 Å². The van der Waals surface area contributed by atoms with E-state index in [0.717, 1.165) is 31.5 Å². The molecule has 1 aliphatic heterocycles. The van der Waals surface area contributed by atoms with Gasteiger partial charge in [-0.15, -0.1) is 5.73 Å². The molecular weight excluding hydrogens is 236 g/mol. The molecule has 100 valence electrons. The molecular formula is C16H20N2O. The molecule has 2 rings (SSSR count). The van der Waals surface area contributed by atoms with Gasteiger partial charge < -0.3 is 10.6 Å². The first kappa shape index (κ1) is 13.6. The molecule has 0 aromatic heterocycles. The van der Waals surface area contributed by atoms with Gasteiger partial charge in [-0.2, -0.15) is 0 Å². The average Bonchev–Trinajstić information content (AvgIpc) is 2.48. The van der Waals surface area contributed by atoms with Gasteiger partial charge in [0.2, 0.25) is 5.91 Å². The Balaban J connectivity index is 1.96. The molecule has 0 aliphatic carbocycles. The highest BCUT2D eigenvalue weighted by atomic mass is 16.2. The summed E-state index contributed by atoms with van der Waals surface area (Å²) >= 11 is 0. The van der Waals surface area contributed by atoms with Crippen LogP contribution in [0.1, 0.15) is 24.4 Å². The number of allylic oxidation sites excluding steroid dienone is 1. The topological polar surface area (TPSA) is 46.3 Å². The molecule has 0 radical (unpaired) electrons. The van der Waals surface area contributed by atoms with E-state index in [-0.39, 0.29) is 5.91 Å². The third-order valence-electron chi connectivity index (χ3n) is 3.63. The third-order valence-corrected chi connectivity index (χ3v) is 3.63. The van der Waals surface area contributed by atoms with Crippen molar-refractivity contribution in [1.29, 1.82) is 0 Å². The zero-order chi connectivity index (χ0) is 13.7. The summed E-state index contributed by atoms with van der Waals surface area (Å²) in [6, 6.07) is 8.99. The summed E-state index contributed by atoms with van der Waals surface area (Å²) in [5, 5.41) is 0. The van der Waals surface area contributed by atoms with Crippen molar-refractivity contribution in [3.8, 4) is 0 Å². The van der Waals surface area contributed by atoms with Gasteiger partial charge in [-0.1, -0.05) is 36.9 Å². The minimum Gasteiger partial charge on any atom is -0.341 e. The second-order valence-corrected chi connectivity index (χ2v) is 4.92. The van der Waals surface area contributed by atoms with E-state index in [1.807, 2.05) is 41.3 Å². The Kier molecular flexibility index (Phi) is 4.56. The van der Waals surface area contributed by atoms with Gasteiger partial charge in [-0.3, -0.25) is 4.79 Å². The summed E-state index contributed by atoms with van der Waals surface area (Å²) in [6.07, 6.45) is 3.93. The van der Waals surface area contributed by atoms with Crippen molar-refractivity contribution in [2.75, 3.05) is 13.1 Å². The molecule has 1 unspecified atom stereocenters. The number of amides is 1. The summed E-state index contributed by atoms with van der Waals surface area (Å²) in [5.74, 6) is 0.515. The van der Waals surface area contributed by atoms with Crippen LogP contribution in [-0.2, 0) is 4.79 Å². The molecule has 1 amide bonds. The quantitative estimate of drug-likeness (QED) is 0.843. The Hall–Kier alpha value is -1.83. The monoisotopic (exact) mass is 256 g/mol. The lowest BCUT2D eigenvalue weighted by Gasteiger charge is -2.32. The number of nitrogens with zero attached hydrogens (tertiary/aromatic N) is 1. The fourth-order valence-corrected chi connectivity index (χ4v) is 2.45. The number of nitrogens with two attached hydrogens (primary N) is 1. The second kappa shape index (κ2) is 6.37. The van der Waals surface area contributed by atoms with Gasteiger partial charge in [0.15, 0.2) is 0 Å². The van der Waals surface area contributed by atoms with Crippen LogP contribution in [0, 0.1) is 5.92 Å². The van der Waals surface area contributed by atoms with Crippen molar-refractivity contribution in [3.05, 3.63) is 54.3 Å². The van der Waals surface area contributed by atoms with Crippen LogP contribution in [0.5, 0.6) is 0 Å². The van der Waals surface area contributed by atoms with E-state index in [0.29, 0.717) is 5.92 Å². The maximum atomic E-state index is 12.3. The number of carbonyl (C=O) groups excluding carboxylic acids is 1. The Labute approximate surface area is 114 Å². The molecule has 1 atom stereocenters. The van der Waals surface area contributed by atoms with Gasteiger partial charge in [0, 0.05) is 13.1 Å². The second-order valence-electron chi connectivity index (χ2n) is 4.92. The van der Waals surface area contributed by atoms with Gasteiger partial charge >= 0.3 is 0 Å². The van der Waals surface area contributed by atoms with Crippen LogP contribution >= 0.6 is 0 Å². The van der Waals surface area contributed by atoms with Crippen LogP contribution in [-0.4, -0.2) is 23.9 Å². The predicted octanol–water partition coefficient (Wildman–Crippen LogP) is 2.27. The van der Waals surface area contributed by atoms with Crippen molar-refractivity contribution in [2.45, 2.75) is 18.9 Å². The fourth-order valence-electron chi connectivity index (χ4n) is 2.45. The molecule has 19 heavy (non-hydrogen) atoms. The van der Waals surface area contributed by atoms with E-state index in [1.54, 1.807) is 0 Å². The highest BCUT2D eigenvalue weighted by Crippen LogP contribution is 2.21. The van der Waals surface area contributed by atoms with Crippen molar-refractivity contribution in [2.24, 2.45) is 11.7 Å². The van der Waals surface area contributed by atoms with Crippen LogP contribution in [0.4, 0.5) is 0 Å². The molecule has 2 N–H and O–H groups in total.